The van der Waals surface area contributed by atoms with Crippen molar-refractivity contribution >= 4 is 27.1 Å². The number of sulfone groups is 1. The molecule has 4 rings (SSSR count). The van der Waals surface area contributed by atoms with E-state index in [1.807, 2.05) is 72.2 Å². The monoisotopic (exact) mass is 451 g/mol. The second-order valence-electron chi connectivity index (χ2n) is 7.54. The predicted molar refractivity (Wildman–Crippen MR) is 127 cm³/mol. The molecule has 0 saturated heterocycles. The Morgan fingerprint density at radius 3 is 2.16 bits per heavy atom. The van der Waals surface area contributed by atoms with Crippen LogP contribution in [0.1, 0.15) is 0 Å². The minimum Gasteiger partial charge on any atom is -0.378 e. The van der Waals surface area contributed by atoms with Gasteiger partial charge in [0, 0.05) is 42.2 Å². The summed E-state index contributed by atoms with van der Waals surface area (Å²) >= 11 is 6.05. The van der Waals surface area contributed by atoms with Crippen molar-refractivity contribution in [2.24, 2.45) is 0 Å². The average Bonchev–Trinajstić information content (AvgIpc) is 3.19. The van der Waals surface area contributed by atoms with Crippen LogP contribution in [0.3, 0.4) is 0 Å². The zero-order valence-electron chi connectivity index (χ0n) is 17.4. The van der Waals surface area contributed by atoms with Crippen molar-refractivity contribution in [3.05, 3.63) is 83.9 Å². The van der Waals surface area contributed by atoms with Crippen LogP contribution < -0.4 is 4.90 Å². The normalized spacial score (nSPS) is 11.5. The highest BCUT2D eigenvalue weighted by Crippen LogP contribution is 2.31. The SMILES string of the molecule is CN(C)c1cccc(-c2cc(-c3ccc(Cl)cc3)nn2-c2ccc(S(C)(=O)=O)cc2)c1. The maximum atomic E-state index is 11.8. The van der Waals surface area contributed by atoms with Gasteiger partial charge >= 0.3 is 0 Å². The third kappa shape index (κ3) is 4.50. The molecule has 158 valence electrons. The van der Waals surface area contributed by atoms with Gasteiger partial charge in [-0.15, -0.1) is 0 Å². The van der Waals surface area contributed by atoms with Crippen molar-refractivity contribution < 1.29 is 8.42 Å². The Bertz CT molecular complexity index is 1330. The molecule has 7 heteroatoms. The maximum Gasteiger partial charge on any atom is 0.175 e. The van der Waals surface area contributed by atoms with Crippen LogP contribution in [-0.4, -0.2) is 38.5 Å². The highest BCUT2D eigenvalue weighted by atomic mass is 35.5. The van der Waals surface area contributed by atoms with Crippen molar-refractivity contribution in [3.63, 3.8) is 0 Å². The Labute approximate surface area is 187 Å². The van der Waals surface area contributed by atoms with Crippen molar-refractivity contribution in [3.8, 4) is 28.2 Å². The van der Waals surface area contributed by atoms with E-state index in [9.17, 15) is 8.42 Å². The van der Waals surface area contributed by atoms with Crippen molar-refractivity contribution in [2.45, 2.75) is 4.90 Å². The number of nitrogens with zero attached hydrogens (tertiary/aromatic N) is 3. The number of aromatic nitrogens is 2. The van der Waals surface area contributed by atoms with Crippen molar-refractivity contribution in [1.29, 1.82) is 0 Å². The summed E-state index contributed by atoms with van der Waals surface area (Å²) in [6.45, 7) is 0. The van der Waals surface area contributed by atoms with Crippen LogP contribution in [0.15, 0.2) is 83.8 Å². The summed E-state index contributed by atoms with van der Waals surface area (Å²) in [6.07, 6.45) is 1.20. The quantitative estimate of drug-likeness (QED) is 0.411. The van der Waals surface area contributed by atoms with E-state index in [4.69, 9.17) is 16.7 Å². The van der Waals surface area contributed by atoms with Gasteiger partial charge in [0.25, 0.3) is 0 Å². The summed E-state index contributed by atoms with van der Waals surface area (Å²) in [4.78, 5) is 2.32. The molecule has 0 fully saturated rings. The zero-order chi connectivity index (χ0) is 22.2. The molecule has 0 radical (unpaired) electrons. The number of rotatable bonds is 5. The van der Waals surface area contributed by atoms with Crippen LogP contribution in [0.5, 0.6) is 0 Å². The zero-order valence-corrected chi connectivity index (χ0v) is 19.0. The molecular formula is C24H22ClN3O2S. The molecule has 0 unspecified atom stereocenters. The van der Waals surface area contributed by atoms with Crippen molar-refractivity contribution in [2.75, 3.05) is 25.3 Å². The van der Waals surface area contributed by atoms with Gasteiger partial charge in [0.2, 0.25) is 0 Å². The minimum absolute atomic E-state index is 0.275. The average molecular weight is 452 g/mol. The second-order valence-corrected chi connectivity index (χ2v) is 10.00. The highest BCUT2D eigenvalue weighted by Gasteiger charge is 2.15. The van der Waals surface area contributed by atoms with Crippen LogP contribution >= 0.6 is 11.6 Å². The van der Waals surface area contributed by atoms with E-state index in [0.29, 0.717) is 5.02 Å². The molecule has 0 aliphatic rings. The molecular weight excluding hydrogens is 430 g/mol. The Balaban J connectivity index is 1.88. The van der Waals surface area contributed by atoms with Gasteiger partial charge in [-0.05, 0) is 54.6 Å². The number of halogens is 1. The fourth-order valence-corrected chi connectivity index (χ4v) is 4.08. The summed E-state index contributed by atoms with van der Waals surface area (Å²) in [5.74, 6) is 0. The molecule has 4 aromatic rings. The largest absolute Gasteiger partial charge is 0.378 e. The van der Waals surface area contributed by atoms with E-state index in [2.05, 4.69) is 6.07 Å². The summed E-state index contributed by atoms with van der Waals surface area (Å²) in [5, 5.41) is 5.50. The topological polar surface area (TPSA) is 55.2 Å². The van der Waals surface area contributed by atoms with Gasteiger partial charge in [-0.1, -0.05) is 35.9 Å². The maximum absolute atomic E-state index is 11.8. The van der Waals surface area contributed by atoms with E-state index >= 15 is 0 Å². The van der Waals surface area contributed by atoms with Gasteiger partial charge in [-0.25, -0.2) is 13.1 Å². The molecule has 0 amide bonds. The molecule has 0 aliphatic heterocycles. The van der Waals surface area contributed by atoms with E-state index in [-0.39, 0.29) is 4.90 Å². The van der Waals surface area contributed by atoms with Crippen LogP contribution in [0.4, 0.5) is 5.69 Å². The van der Waals surface area contributed by atoms with Gasteiger partial charge in [0.15, 0.2) is 9.84 Å². The van der Waals surface area contributed by atoms with Crippen molar-refractivity contribution in [1.82, 2.24) is 9.78 Å². The van der Waals surface area contributed by atoms with Gasteiger partial charge in [0.05, 0.1) is 22.0 Å². The molecule has 1 aromatic heterocycles. The third-order valence-corrected chi connectivity index (χ3v) is 6.40. The molecule has 0 N–H and O–H groups in total. The Kier molecular flexibility index (Phi) is 5.60. The van der Waals surface area contributed by atoms with E-state index in [1.165, 1.54) is 6.26 Å². The Morgan fingerprint density at radius 2 is 1.55 bits per heavy atom. The molecule has 0 bridgehead atoms. The predicted octanol–water partition coefficient (Wildman–Crippen LogP) is 5.33. The third-order valence-electron chi connectivity index (χ3n) is 5.02. The standard InChI is InChI=1S/C24H22ClN3O2S/c1-27(2)21-6-4-5-18(15-21)24-16-23(17-7-9-19(25)10-8-17)26-28(24)20-11-13-22(14-12-20)31(3,29)30/h4-16H,1-3H3. The highest BCUT2D eigenvalue weighted by molar-refractivity contribution is 7.90. The second kappa shape index (κ2) is 8.21. The summed E-state index contributed by atoms with van der Waals surface area (Å²) in [7, 11) is 0.730. The molecule has 0 spiro atoms. The lowest BCUT2D eigenvalue weighted by Gasteiger charge is -2.14. The first-order valence-electron chi connectivity index (χ1n) is 9.66. The molecule has 0 atom stereocenters. The van der Waals surface area contributed by atoms with Gasteiger partial charge in [-0.2, -0.15) is 5.10 Å². The van der Waals surface area contributed by atoms with Crippen LogP contribution in [0, 0.1) is 0 Å². The molecule has 3 aromatic carbocycles. The smallest absolute Gasteiger partial charge is 0.175 e. The number of hydrogen-bond acceptors (Lipinski definition) is 4. The van der Waals surface area contributed by atoms with Crippen LogP contribution in [0.2, 0.25) is 5.02 Å². The minimum atomic E-state index is -3.27. The first-order chi connectivity index (χ1) is 14.7. The summed E-state index contributed by atoms with van der Waals surface area (Å²) in [6, 6.07) is 24.5. The van der Waals surface area contributed by atoms with Gasteiger partial charge < -0.3 is 4.90 Å². The van der Waals surface area contributed by atoms with E-state index in [0.717, 1.165) is 33.9 Å². The summed E-state index contributed by atoms with van der Waals surface area (Å²) < 4.78 is 25.5. The lowest BCUT2D eigenvalue weighted by atomic mass is 10.1. The molecule has 0 aliphatic carbocycles. The molecule has 0 saturated carbocycles. The summed E-state index contributed by atoms with van der Waals surface area (Å²) in [5.41, 5.74) is 5.51. The lowest BCUT2D eigenvalue weighted by molar-refractivity contribution is 0.602. The fraction of sp³-hybridized carbons (Fsp3) is 0.125. The van der Waals surface area contributed by atoms with E-state index < -0.39 is 9.84 Å². The number of anilines is 1. The molecule has 1 heterocycles. The van der Waals surface area contributed by atoms with Crippen LogP contribution in [0.25, 0.3) is 28.2 Å². The molecule has 31 heavy (non-hydrogen) atoms. The van der Waals surface area contributed by atoms with Gasteiger partial charge in [0.1, 0.15) is 0 Å². The fourth-order valence-electron chi connectivity index (χ4n) is 3.32. The van der Waals surface area contributed by atoms with E-state index in [1.54, 1.807) is 24.3 Å². The van der Waals surface area contributed by atoms with Crippen LogP contribution in [-0.2, 0) is 9.84 Å². The Hall–Kier alpha value is -3.09. The Morgan fingerprint density at radius 1 is 0.871 bits per heavy atom. The number of benzene rings is 3. The first-order valence-corrected chi connectivity index (χ1v) is 11.9. The molecule has 5 nitrogen and oxygen atoms in total. The first kappa shape index (κ1) is 21.2. The van der Waals surface area contributed by atoms with Gasteiger partial charge in [-0.3, -0.25) is 0 Å². The lowest BCUT2D eigenvalue weighted by Crippen LogP contribution is -2.08. The number of hydrogen-bond donors (Lipinski definition) is 0.